The van der Waals surface area contributed by atoms with E-state index < -0.39 is 5.56 Å². The van der Waals surface area contributed by atoms with E-state index in [9.17, 15) is 9.59 Å². The van der Waals surface area contributed by atoms with Gasteiger partial charge >= 0.3 is 0 Å². The van der Waals surface area contributed by atoms with Crippen molar-refractivity contribution < 1.29 is 4.79 Å². The maximum absolute atomic E-state index is 11.3. The average molecular weight is 259 g/mol. The van der Waals surface area contributed by atoms with Crippen LogP contribution in [0.15, 0.2) is 11.1 Å². The zero-order valence-electron chi connectivity index (χ0n) is 9.55. The lowest BCUT2D eigenvalue weighted by atomic mass is 10.3. The Bertz CT molecular complexity index is 433. The Hall–Kier alpha value is -1.56. The predicted octanol–water partition coefficient (Wildman–Crippen LogP) is 0.751. The molecule has 94 valence electrons. The van der Waals surface area contributed by atoms with Gasteiger partial charge in [-0.05, 0) is 6.42 Å². The summed E-state index contributed by atoms with van der Waals surface area (Å²) >= 11 is 5.72. The van der Waals surface area contributed by atoms with Gasteiger partial charge in [-0.1, -0.05) is 18.5 Å². The van der Waals surface area contributed by atoms with E-state index in [1.807, 2.05) is 6.92 Å². The zero-order chi connectivity index (χ0) is 12.7. The highest BCUT2D eigenvalue weighted by Gasteiger charge is 2.05. The zero-order valence-corrected chi connectivity index (χ0v) is 10.3. The lowest BCUT2D eigenvalue weighted by molar-refractivity contribution is -0.120. The van der Waals surface area contributed by atoms with Crippen molar-refractivity contribution in [3.8, 4) is 0 Å². The first-order valence-electron chi connectivity index (χ1n) is 5.39. The SMILES string of the molecule is CCCNC(=O)CCNc1nc[nH]c(=O)c1Cl. The highest BCUT2D eigenvalue weighted by Crippen LogP contribution is 2.11. The monoisotopic (exact) mass is 258 g/mol. The van der Waals surface area contributed by atoms with Crippen LogP contribution in [0.25, 0.3) is 0 Å². The minimum atomic E-state index is -0.403. The molecule has 1 amide bonds. The van der Waals surface area contributed by atoms with Gasteiger partial charge in [-0.3, -0.25) is 9.59 Å². The highest BCUT2D eigenvalue weighted by molar-refractivity contribution is 6.32. The van der Waals surface area contributed by atoms with Gasteiger partial charge in [-0.2, -0.15) is 0 Å². The third-order valence-corrected chi connectivity index (χ3v) is 2.36. The highest BCUT2D eigenvalue weighted by atomic mass is 35.5. The number of carbonyl (C=O) groups is 1. The quantitative estimate of drug-likeness (QED) is 0.703. The normalized spacial score (nSPS) is 10.0. The molecule has 1 rings (SSSR count). The lowest BCUT2D eigenvalue weighted by Crippen LogP contribution is -2.26. The van der Waals surface area contributed by atoms with Gasteiger partial charge in [-0.15, -0.1) is 0 Å². The van der Waals surface area contributed by atoms with Gasteiger partial charge in [0.1, 0.15) is 5.02 Å². The fourth-order valence-electron chi connectivity index (χ4n) is 1.15. The third kappa shape index (κ3) is 4.44. The first-order chi connectivity index (χ1) is 8.15. The van der Waals surface area contributed by atoms with Crippen molar-refractivity contribution in [2.45, 2.75) is 19.8 Å². The van der Waals surface area contributed by atoms with Gasteiger partial charge in [-0.25, -0.2) is 4.98 Å². The Balaban J connectivity index is 2.38. The van der Waals surface area contributed by atoms with E-state index in [-0.39, 0.29) is 10.9 Å². The van der Waals surface area contributed by atoms with E-state index in [2.05, 4.69) is 20.6 Å². The minimum absolute atomic E-state index is 0.00136. The van der Waals surface area contributed by atoms with Crippen molar-refractivity contribution in [1.82, 2.24) is 15.3 Å². The second-order valence-corrected chi connectivity index (χ2v) is 3.80. The summed E-state index contributed by atoms with van der Waals surface area (Å²) in [5, 5.41) is 5.58. The number of halogens is 1. The summed E-state index contributed by atoms with van der Waals surface area (Å²) < 4.78 is 0. The number of aromatic amines is 1. The van der Waals surface area contributed by atoms with E-state index in [0.29, 0.717) is 25.3 Å². The van der Waals surface area contributed by atoms with Gasteiger partial charge < -0.3 is 15.6 Å². The summed E-state index contributed by atoms with van der Waals surface area (Å²) in [6.45, 7) is 3.03. The molecule has 0 saturated carbocycles. The molecule has 6 nitrogen and oxygen atoms in total. The maximum Gasteiger partial charge on any atom is 0.271 e. The molecule has 0 fully saturated rings. The van der Waals surface area contributed by atoms with Crippen molar-refractivity contribution in [1.29, 1.82) is 0 Å². The molecule has 0 aliphatic heterocycles. The second-order valence-electron chi connectivity index (χ2n) is 3.42. The molecule has 0 aliphatic rings. The molecule has 0 radical (unpaired) electrons. The molecule has 17 heavy (non-hydrogen) atoms. The standard InChI is InChI=1S/C10H15ClN4O2/c1-2-4-12-7(16)3-5-13-9-8(11)10(17)15-6-14-9/h6H,2-5H2,1H3,(H,12,16)(H2,13,14,15,17). The number of carbonyl (C=O) groups excluding carboxylic acids is 1. The Kier molecular flexibility index (Phi) is 5.48. The number of rotatable bonds is 6. The predicted molar refractivity (Wildman–Crippen MR) is 66.3 cm³/mol. The van der Waals surface area contributed by atoms with Crippen LogP contribution in [0.3, 0.4) is 0 Å². The summed E-state index contributed by atoms with van der Waals surface area (Å²) in [6.07, 6.45) is 2.47. The van der Waals surface area contributed by atoms with Gasteiger partial charge in [0.2, 0.25) is 5.91 Å². The molecule has 7 heteroatoms. The Morgan fingerprint density at radius 2 is 2.29 bits per heavy atom. The fourth-order valence-corrected chi connectivity index (χ4v) is 1.32. The van der Waals surface area contributed by atoms with E-state index in [1.54, 1.807) is 0 Å². The average Bonchev–Trinajstić information content (AvgIpc) is 2.32. The molecule has 0 aromatic carbocycles. The molecule has 0 spiro atoms. The Labute approximate surface area is 104 Å². The van der Waals surface area contributed by atoms with Crippen molar-refractivity contribution in [3.05, 3.63) is 21.7 Å². The Morgan fingerprint density at radius 3 is 3.00 bits per heavy atom. The molecular formula is C10H15ClN4O2. The lowest BCUT2D eigenvalue weighted by Gasteiger charge is -2.06. The summed E-state index contributed by atoms with van der Waals surface area (Å²) in [4.78, 5) is 28.6. The number of anilines is 1. The van der Waals surface area contributed by atoms with E-state index in [1.165, 1.54) is 6.33 Å². The van der Waals surface area contributed by atoms with Crippen molar-refractivity contribution in [3.63, 3.8) is 0 Å². The number of H-pyrrole nitrogens is 1. The number of hydrogen-bond acceptors (Lipinski definition) is 4. The second kappa shape index (κ2) is 6.90. The van der Waals surface area contributed by atoms with Crippen molar-refractivity contribution in [2.75, 3.05) is 18.4 Å². The molecule has 0 bridgehead atoms. The first kappa shape index (κ1) is 13.5. The summed E-state index contributed by atoms with van der Waals surface area (Å²) in [5.41, 5.74) is -0.403. The molecular weight excluding hydrogens is 244 g/mol. The largest absolute Gasteiger partial charge is 0.368 e. The molecule has 1 aromatic rings. The van der Waals surface area contributed by atoms with Crippen LogP contribution in [0.2, 0.25) is 5.02 Å². The van der Waals surface area contributed by atoms with Crippen LogP contribution in [0.4, 0.5) is 5.82 Å². The van der Waals surface area contributed by atoms with E-state index >= 15 is 0 Å². The number of aromatic nitrogens is 2. The van der Waals surface area contributed by atoms with Crippen LogP contribution in [0.5, 0.6) is 0 Å². The molecule has 1 aromatic heterocycles. The first-order valence-corrected chi connectivity index (χ1v) is 5.76. The molecule has 0 unspecified atom stereocenters. The molecule has 0 atom stereocenters. The van der Waals surface area contributed by atoms with E-state index in [4.69, 9.17) is 11.6 Å². The van der Waals surface area contributed by atoms with Crippen LogP contribution in [-0.4, -0.2) is 29.0 Å². The van der Waals surface area contributed by atoms with Crippen LogP contribution in [0.1, 0.15) is 19.8 Å². The molecule has 3 N–H and O–H groups in total. The smallest absolute Gasteiger partial charge is 0.271 e. The molecule has 0 saturated heterocycles. The number of hydrogen-bond donors (Lipinski definition) is 3. The number of nitrogens with one attached hydrogen (secondary N) is 3. The maximum atomic E-state index is 11.3. The molecule has 0 aliphatic carbocycles. The summed E-state index contributed by atoms with van der Waals surface area (Å²) in [6, 6.07) is 0. The van der Waals surface area contributed by atoms with Gasteiger partial charge in [0, 0.05) is 19.5 Å². The van der Waals surface area contributed by atoms with Crippen LogP contribution < -0.4 is 16.2 Å². The topological polar surface area (TPSA) is 86.9 Å². The minimum Gasteiger partial charge on any atom is -0.368 e. The number of nitrogens with zero attached hydrogens (tertiary/aromatic N) is 1. The van der Waals surface area contributed by atoms with Gasteiger partial charge in [0.15, 0.2) is 5.82 Å². The molecule has 1 heterocycles. The van der Waals surface area contributed by atoms with Crippen LogP contribution >= 0.6 is 11.6 Å². The summed E-state index contributed by atoms with van der Waals surface area (Å²) in [5.74, 6) is 0.249. The third-order valence-electron chi connectivity index (χ3n) is 2.01. The Morgan fingerprint density at radius 1 is 1.53 bits per heavy atom. The van der Waals surface area contributed by atoms with Crippen molar-refractivity contribution >= 4 is 23.3 Å². The van der Waals surface area contributed by atoms with Crippen molar-refractivity contribution in [2.24, 2.45) is 0 Å². The summed E-state index contributed by atoms with van der Waals surface area (Å²) in [7, 11) is 0. The number of amides is 1. The van der Waals surface area contributed by atoms with E-state index in [0.717, 1.165) is 6.42 Å². The van der Waals surface area contributed by atoms with Crippen LogP contribution in [0, 0.1) is 0 Å². The van der Waals surface area contributed by atoms with Gasteiger partial charge in [0.25, 0.3) is 5.56 Å². The van der Waals surface area contributed by atoms with Gasteiger partial charge in [0.05, 0.1) is 6.33 Å². The fraction of sp³-hybridized carbons (Fsp3) is 0.500. The van der Waals surface area contributed by atoms with Crippen LogP contribution in [-0.2, 0) is 4.79 Å².